The average Bonchev–Trinajstić information content (AvgIpc) is 2.24. The fourth-order valence-electron chi connectivity index (χ4n) is 1.40. The summed E-state index contributed by atoms with van der Waals surface area (Å²) in [6.07, 6.45) is 2.92. The standard InChI is InChI=1S/C11H25NO2/c1-4-11(5-2,10-12)14-9-7-8-13-6-3/h4-10,12H2,1-3H3. The van der Waals surface area contributed by atoms with Crippen molar-refractivity contribution >= 4 is 0 Å². The number of nitrogens with two attached hydrogens (primary N) is 1. The third kappa shape index (κ3) is 4.94. The van der Waals surface area contributed by atoms with Gasteiger partial charge in [0.15, 0.2) is 0 Å². The predicted molar refractivity (Wildman–Crippen MR) is 59.4 cm³/mol. The first kappa shape index (κ1) is 13.9. The maximum Gasteiger partial charge on any atom is 0.0798 e. The fourth-order valence-corrected chi connectivity index (χ4v) is 1.40. The second kappa shape index (κ2) is 8.21. The van der Waals surface area contributed by atoms with E-state index in [1.165, 1.54) is 0 Å². The van der Waals surface area contributed by atoms with Crippen molar-refractivity contribution in [2.24, 2.45) is 5.73 Å². The second-order valence-electron chi connectivity index (χ2n) is 3.49. The Morgan fingerprint density at radius 2 is 1.71 bits per heavy atom. The van der Waals surface area contributed by atoms with Gasteiger partial charge in [0.05, 0.1) is 5.60 Å². The largest absolute Gasteiger partial charge is 0.382 e. The van der Waals surface area contributed by atoms with Crippen molar-refractivity contribution < 1.29 is 9.47 Å². The van der Waals surface area contributed by atoms with Crippen LogP contribution in [0.5, 0.6) is 0 Å². The maximum atomic E-state index is 5.82. The Morgan fingerprint density at radius 3 is 2.14 bits per heavy atom. The van der Waals surface area contributed by atoms with Crippen LogP contribution in [0.15, 0.2) is 0 Å². The summed E-state index contributed by atoms with van der Waals surface area (Å²) in [4.78, 5) is 0. The zero-order valence-corrected chi connectivity index (χ0v) is 9.84. The molecule has 0 fully saturated rings. The minimum absolute atomic E-state index is 0.105. The molecule has 0 rings (SSSR count). The smallest absolute Gasteiger partial charge is 0.0798 e. The maximum absolute atomic E-state index is 5.82. The summed E-state index contributed by atoms with van der Waals surface area (Å²) in [6, 6.07) is 0. The van der Waals surface area contributed by atoms with Crippen LogP contribution in [0.4, 0.5) is 0 Å². The highest BCUT2D eigenvalue weighted by Crippen LogP contribution is 2.18. The SMILES string of the molecule is CCOCCCOC(CC)(CC)CN. The van der Waals surface area contributed by atoms with Crippen molar-refractivity contribution in [2.75, 3.05) is 26.4 Å². The van der Waals surface area contributed by atoms with E-state index in [0.29, 0.717) is 6.54 Å². The van der Waals surface area contributed by atoms with Gasteiger partial charge in [-0.25, -0.2) is 0 Å². The lowest BCUT2D eigenvalue weighted by Crippen LogP contribution is -2.40. The molecule has 0 radical (unpaired) electrons. The Balaban J connectivity index is 3.61. The molecule has 3 heteroatoms. The number of rotatable bonds is 9. The van der Waals surface area contributed by atoms with E-state index in [-0.39, 0.29) is 5.60 Å². The number of ether oxygens (including phenoxy) is 2. The van der Waals surface area contributed by atoms with Gasteiger partial charge >= 0.3 is 0 Å². The highest BCUT2D eigenvalue weighted by molar-refractivity contribution is 4.78. The molecule has 86 valence electrons. The van der Waals surface area contributed by atoms with Crippen molar-refractivity contribution in [1.82, 2.24) is 0 Å². The Hall–Kier alpha value is -0.120. The van der Waals surface area contributed by atoms with Gasteiger partial charge in [-0.05, 0) is 26.2 Å². The molecule has 3 nitrogen and oxygen atoms in total. The Kier molecular flexibility index (Phi) is 8.14. The van der Waals surface area contributed by atoms with Gasteiger partial charge in [-0.15, -0.1) is 0 Å². The van der Waals surface area contributed by atoms with Gasteiger partial charge in [0.25, 0.3) is 0 Å². The summed E-state index contributed by atoms with van der Waals surface area (Å²) >= 11 is 0. The molecular formula is C11H25NO2. The zero-order valence-electron chi connectivity index (χ0n) is 9.84. The van der Waals surface area contributed by atoms with E-state index in [1.54, 1.807) is 0 Å². The van der Waals surface area contributed by atoms with Gasteiger partial charge in [0.1, 0.15) is 0 Å². The Bertz CT molecular complexity index is 116. The quantitative estimate of drug-likeness (QED) is 0.582. The van der Waals surface area contributed by atoms with Crippen molar-refractivity contribution in [3.05, 3.63) is 0 Å². The summed E-state index contributed by atoms with van der Waals surface area (Å²) in [5.74, 6) is 0. The molecular weight excluding hydrogens is 178 g/mol. The van der Waals surface area contributed by atoms with Crippen LogP contribution < -0.4 is 5.73 Å². The minimum Gasteiger partial charge on any atom is -0.382 e. The van der Waals surface area contributed by atoms with Crippen molar-refractivity contribution in [3.63, 3.8) is 0 Å². The monoisotopic (exact) mass is 203 g/mol. The molecule has 14 heavy (non-hydrogen) atoms. The lowest BCUT2D eigenvalue weighted by Gasteiger charge is -2.30. The summed E-state index contributed by atoms with van der Waals surface area (Å²) < 4.78 is 11.1. The molecule has 0 bridgehead atoms. The molecule has 0 heterocycles. The van der Waals surface area contributed by atoms with Crippen molar-refractivity contribution in [3.8, 4) is 0 Å². The zero-order chi connectivity index (χ0) is 10.9. The van der Waals surface area contributed by atoms with Crippen molar-refractivity contribution in [1.29, 1.82) is 0 Å². The van der Waals surface area contributed by atoms with Gasteiger partial charge in [-0.2, -0.15) is 0 Å². The minimum atomic E-state index is -0.105. The number of hydrogen-bond acceptors (Lipinski definition) is 3. The van der Waals surface area contributed by atoms with E-state index < -0.39 is 0 Å². The molecule has 0 saturated heterocycles. The van der Waals surface area contributed by atoms with E-state index in [0.717, 1.165) is 39.1 Å². The highest BCUT2D eigenvalue weighted by atomic mass is 16.5. The molecule has 0 unspecified atom stereocenters. The lowest BCUT2D eigenvalue weighted by atomic mass is 9.97. The molecule has 0 aromatic carbocycles. The van der Waals surface area contributed by atoms with Crippen molar-refractivity contribution in [2.45, 2.75) is 45.6 Å². The van der Waals surface area contributed by atoms with Gasteiger partial charge < -0.3 is 15.2 Å². The summed E-state index contributed by atoms with van der Waals surface area (Å²) in [7, 11) is 0. The topological polar surface area (TPSA) is 44.5 Å². The molecule has 0 aliphatic heterocycles. The first-order valence-electron chi connectivity index (χ1n) is 5.66. The third-order valence-electron chi connectivity index (χ3n) is 2.71. The molecule has 0 spiro atoms. The highest BCUT2D eigenvalue weighted by Gasteiger charge is 2.24. The Labute approximate surface area is 88.0 Å². The second-order valence-corrected chi connectivity index (χ2v) is 3.49. The van der Waals surface area contributed by atoms with Gasteiger partial charge in [0, 0.05) is 26.4 Å². The van der Waals surface area contributed by atoms with E-state index in [4.69, 9.17) is 15.2 Å². The Morgan fingerprint density at radius 1 is 1.07 bits per heavy atom. The van der Waals surface area contributed by atoms with E-state index in [2.05, 4.69) is 13.8 Å². The fraction of sp³-hybridized carbons (Fsp3) is 1.00. The van der Waals surface area contributed by atoms with E-state index in [9.17, 15) is 0 Å². The summed E-state index contributed by atoms with van der Waals surface area (Å²) in [6.45, 7) is 9.17. The van der Waals surface area contributed by atoms with Crippen LogP contribution in [-0.2, 0) is 9.47 Å². The van der Waals surface area contributed by atoms with Crippen LogP contribution in [0.25, 0.3) is 0 Å². The molecule has 0 aliphatic carbocycles. The van der Waals surface area contributed by atoms with Crippen LogP contribution in [-0.4, -0.2) is 32.0 Å². The van der Waals surface area contributed by atoms with Gasteiger partial charge in [0.2, 0.25) is 0 Å². The summed E-state index contributed by atoms with van der Waals surface area (Å²) in [5.41, 5.74) is 5.61. The van der Waals surface area contributed by atoms with Crippen LogP contribution in [0, 0.1) is 0 Å². The molecule has 2 N–H and O–H groups in total. The molecule has 0 atom stereocenters. The first-order chi connectivity index (χ1) is 6.74. The van der Waals surface area contributed by atoms with Gasteiger partial charge in [-0.3, -0.25) is 0 Å². The third-order valence-corrected chi connectivity index (χ3v) is 2.71. The molecule has 0 aliphatic rings. The molecule has 0 saturated carbocycles. The predicted octanol–water partition coefficient (Wildman–Crippen LogP) is 1.95. The molecule has 0 amide bonds. The van der Waals surface area contributed by atoms with Gasteiger partial charge in [-0.1, -0.05) is 13.8 Å². The van der Waals surface area contributed by atoms with Crippen LogP contribution in [0.1, 0.15) is 40.0 Å². The van der Waals surface area contributed by atoms with Crippen LogP contribution >= 0.6 is 0 Å². The van der Waals surface area contributed by atoms with Crippen LogP contribution in [0.2, 0.25) is 0 Å². The normalized spacial score (nSPS) is 12.0. The summed E-state index contributed by atoms with van der Waals surface area (Å²) in [5, 5.41) is 0. The molecule has 0 aromatic heterocycles. The number of hydrogen-bond donors (Lipinski definition) is 1. The average molecular weight is 203 g/mol. The first-order valence-corrected chi connectivity index (χ1v) is 5.66. The van der Waals surface area contributed by atoms with E-state index >= 15 is 0 Å². The van der Waals surface area contributed by atoms with E-state index in [1.807, 2.05) is 6.92 Å². The lowest BCUT2D eigenvalue weighted by molar-refractivity contribution is -0.0510. The van der Waals surface area contributed by atoms with Crippen LogP contribution in [0.3, 0.4) is 0 Å². The molecule has 0 aromatic rings.